The van der Waals surface area contributed by atoms with Gasteiger partial charge in [-0.2, -0.15) is 5.10 Å². The van der Waals surface area contributed by atoms with Gasteiger partial charge in [-0.1, -0.05) is 0 Å². The maximum absolute atomic E-state index is 11.0. The van der Waals surface area contributed by atoms with Gasteiger partial charge in [0.1, 0.15) is 0 Å². The summed E-state index contributed by atoms with van der Waals surface area (Å²) in [5, 5.41) is 6.21. The summed E-state index contributed by atoms with van der Waals surface area (Å²) in [5.41, 5.74) is 0.495. The zero-order valence-electron chi connectivity index (χ0n) is 8.96. The van der Waals surface area contributed by atoms with Crippen LogP contribution in [0.2, 0.25) is 0 Å². The molecule has 0 fully saturated rings. The Hall–Kier alpha value is -2.17. The summed E-state index contributed by atoms with van der Waals surface area (Å²) in [6, 6.07) is 5.21. The number of nitrogens with one attached hydrogen (secondary N) is 1. The molecule has 0 aliphatic rings. The molecule has 0 unspecified atom stereocenters. The number of H-pyrrole nitrogens is 1. The Morgan fingerprint density at radius 3 is 2.75 bits per heavy atom. The number of hydrogen-bond acceptors (Lipinski definition) is 4. The van der Waals surface area contributed by atoms with Gasteiger partial charge < -0.3 is 4.74 Å². The largest absolute Gasteiger partial charge is 0.462 e. The molecule has 2 aromatic heterocycles. The van der Waals surface area contributed by atoms with Crippen LogP contribution >= 0.6 is 0 Å². The quantitative estimate of drug-likeness (QED) is 0.780. The van der Waals surface area contributed by atoms with Gasteiger partial charge in [0.25, 0.3) is 0 Å². The molecule has 2 heterocycles. The number of aromatic nitrogens is 3. The SMILES string of the molecule is CCOC(=O)c1cccnc1.c1cn[nH]c1. The normalized spacial score (nSPS) is 8.81. The van der Waals surface area contributed by atoms with Crippen molar-refractivity contribution in [2.75, 3.05) is 6.61 Å². The highest BCUT2D eigenvalue weighted by molar-refractivity contribution is 5.88. The fourth-order valence-electron chi connectivity index (χ4n) is 0.913. The molecule has 2 aromatic rings. The van der Waals surface area contributed by atoms with Crippen LogP contribution in [0.4, 0.5) is 0 Å². The van der Waals surface area contributed by atoms with Crippen molar-refractivity contribution in [3.8, 4) is 0 Å². The van der Waals surface area contributed by atoms with Crippen LogP contribution in [0.3, 0.4) is 0 Å². The van der Waals surface area contributed by atoms with Crippen molar-refractivity contribution in [1.29, 1.82) is 0 Å². The molecule has 0 aliphatic heterocycles. The molecule has 84 valence electrons. The average Bonchev–Trinajstić information content (AvgIpc) is 2.89. The highest BCUT2D eigenvalue weighted by Crippen LogP contribution is 1.97. The monoisotopic (exact) mass is 219 g/mol. The fourth-order valence-corrected chi connectivity index (χ4v) is 0.913. The van der Waals surface area contributed by atoms with Gasteiger partial charge in [-0.15, -0.1) is 0 Å². The van der Waals surface area contributed by atoms with E-state index in [2.05, 4.69) is 15.2 Å². The highest BCUT2D eigenvalue weighted by atomic mass is 16.5. The minimum atomic E-state index is -0.319. The lowest BCUT2D eigenvalue weighted by Crippen LogP contribution is -2.04. The van der Waals surface area contributed by atoms with Crippen molar-refractivity contribution in [2.24, 2.45) is 0 Å². The molecule has 0 saturated carbocycles. The van der Waals surface area contributed by atoms with Crippen LogP contribution in [-0.2, 0) is 4.74 Å². The van der Waals surface area contributed by atoms with Gasteiger partial charge in [0.2, 0.25) is 0 Å². The topological polar surface area (TPSA) is 67.9 Å². The van der Waals surface area contributed by atoms with E-state index in [0.29, 0.717) is 12.2 Å². The Kier molecular flexibility index (Phi) is 5.33. The third-order valence-electron chi connectivity index (χ3n) is 1.58. The Morgan fingerprint density at radius 1 is 1.44 bits per heavy atom. The number of pyridine rings is 1. The molecule has 0 atom stereocenters. The Bertz CT molecular complexity index is 370. The van der Waals surface area contributed by atoms with Crippen LogP contribution in [0.25, 0.3) is 0 Å². The second kappa shape index (κ2) is 7.17. The van der Waals surface area contributed by atoms with E-state index in [1.54, 1.807) is 37.6 Å². The zero-order chi connectivity index (χ0) is 11.6. The molecule has 16 heavy (non-hydrogen) atoms. The van der Waals surface area contributed by atoms with Crippen molar-refractivity contribution in [2.45, 2.75) is 6.92 Å². The minimum Gasteiger partial charge on any atom is -0.462 e. The zero-order valence-corrected chi connectivity index (χ0v) is 8.96. The smallest absolute Gasteiger partial charge is 0.339 e. The first-order valence-corrected chi connectivity index (χ1v) is 4.85. The molecule has 2 rings (SSSR count). The Labute approximate surface area is 93.5 Å². The number of aromatic amines is 1. The third kappa shape index (κ3) is 4.36. The molecule has 1 N–H and O–H groups in total. The molecule has 0 bridgehead atoms. The number of carbonyl (C=O) groups excluding carboxylic acids is 1. The fraction of sp³-hybridized carbons (Fsp3) is 0.182. The highest BCUT2D eigenvalue weighted by Gasteiger charge is 2.03. The van der Waals surface area contributed by atoms with E-state index in [-0.39, 0.29) is 5.97 Å². The molecule has 0 spiro atoms. The first kappa shape index (κ1) is 11.9. The predicted octanol–water partition coefficient (Wildman–Crippen LogP) is 1.67. The Balaban J connectivity index is 0.000000212. The summed E-state index contributed by atoms with van der Waals surface area (Å²) in [6.45, 7) is 2.17. The number of hydrogen-bond donors (Lipinski definition) is 1. The lowest BCUT2D eigenvalue weighted by molar-refractivity contribution is 0.0526. The van der Waals surface area contributed by atoms with Crippen molar-refractivity contribution >= 4 is 5.97 Å². The third-order valence-corrected chi connectivity index (χ3v) is 1.58. The lowest BCUT2D eigenvalue weighted by atomic mass is 10.3. The van der Waals surface area contributed by atoms with E-state index in [4.69, 9.17) is 4.74 Å². The predicted molar refractivity (Wildman–Crippen MR) is 58.8 cm³/mol. The van der Waals surface area contributed by atoms with Gasteiger partial charge in [-0.3, -0.25) is 10.1 Å². The molecule has 0 amide bonds. The van der Waals surface area contributed by atoms with Gasteiger partial charge in [-0.05, 0) is 25.1 Å². The van der Waals surface area contributed by atoms with Crippen molar-refractivity contribution in [3.05, 3.63) is 48.5 Å². The number of esters is 1. The summed E-state index contributed by atoms with van der Waals surface area (Å²) >= 11 is 0. The van der Waals surface area contributed by atoms with Gasteiger partial charge in [0, 0.05) is 24.8 Å². The van der Waals surface area contributed by atoms with Crippen molar-refractivity contribution in [3.63, 3.8) is 0 Å². The van der Waals surface area contributed by atoms with E-state index < -0.39 is 0 Å². The molecule has 0 aromatic carbocycles. The summed E-state index contributed by atoms with van der Waals surface area (Å²) in [7, 11) is 0. The summed E-state index contributed by atoms with van der Waals surface area (Å²) < 4.78 is 4.75. The maximum atomic E-state index is 11.0. The number of ether oxygens (including phenoxy) is 1. The summed E-state index contributed by atoms with van der Waals surface area (Å²) in [6.07, 6.45) is 6.56. The summed E-state index contributed by atoms with van der Waals surface area (Å²) in [5.74, 6) is -0.319. The molecule has 5 nitrogen and oxygen atoms in total. The second-order valence-corrected chi connectivity index (χ2v) is 2.73. The summed E-state index contributed by atoms with van der Waals surface area (Å²) in [4.78, 5) is 14.8. The molecule has 0 radical (unpaired) electrons. The number of nitrogens with zero attached hydrogens (tertiary/aromatic N) is 2. The lowest BCUT2D eigenvalue weighted by Gasteiger charge is -1.98. The number of carbonyl (C=O) groups is 1. The van der Waals surface area contributed by atoms with Crippen LogP contribution in [0.15, 0.2) is 43.0 Å². The van der Waals surface area contributed by atoms with Crippen molar-refractivity contribution in [1.82, 2.24) is 15.2 Å². The van der Waals surface area contributed by atoms with Crippen LogP contribution < -0.4 is 0 Å². The van der Waals surface area contributed by atoms with Crippen LogP contribution in [0.1, 0.15) is 17.3 Å². The molecule has 0 saturated heterocycles. The van der Waals surface area contributed by atoms with E-state index in [0.717, 1.165) is 0 Å². The standard InChI is InChI=1S/C8H9NO2.C3H4N2/c1-2-11-8(10)7-4-3-5-9-6-7;1-2-4-5-3-1/h3-6H,2H2,1H3;1-3H,(H,4,5). The molecule has 5 heteroatoms. The van der Waals surface area contributed by atoms with E-state index >= 15 is 0 Å². The molecular weight excluding hydrogens is 206 g/mol. The van der Waals surface area contributed by atoms with Gasteiger partial charge in [0.05, 0.1) is 12.2 Å². The van der Waals surface area contributed by atoms with Crippen LogP contribution in [0.5, 0.6) is 0 Å². The van der Waals surface area contributed by atoms with Gasteiger partial charge in [0.15, 0.2) is 0 Å². The molecule has 0 aliphatic carbocycles. The van der Waals surface area contributed by atoms with E-state index in [9.17, 15) is 4.79 Å². The second-order valence-electron chi connectivity index (χ2n) is 2.73. The van der Waals surface area contributed by atoms with Crippen LogP contribution in [-0.4, -0.2) is 27.8 Å². The Morgan fingerprint density at radius 2 is 2.31 bits per heavy atom. The first-order valence-electron chi connectivity index (χ1n) is 4.85. The minimum absolute atomic E-state index is 0.319. The number of rotatable bonds is 2. The van der Waals surface area contributed by atoms with Crippen molar-refractivity contribution < 1.29 is 9.53 Å². The van der Waals surface area contributed by atoms with Gasteiger partial charge in [-0.25, -0.2) is 4.79 Å². The van der Waals surface area contributed by atoms with E-state index in [1.807, 2.05) is 6.07 Å². The average molecular weight is 219 g/mol. The van der Waals surface area contributed by atoms with E-state index in [1.165, 1.54) is 6.20 Å². The first-order chi connectivity index (χ1) is 7.84. The van der Waals surface area contributed by atoms with Crippen LogP contribution in [0, 0.1) is 0 Å². The molecular formula is C11H13N3O2. The maximum Gasteiger partial charge on any atom is 0.339 e. The van der Waals surface area contributed by atoms with Gasteiger partial charge >= 0.3 is 5.97 Å².